The minimum Gasteiger partial charge on any atom is -0.317 e. The number of rotatable bonds is 3. The standard InChI is InChI=1S/C11H20N4/c1-9-10(8-15(2)14-9)7-13-11-3-5-12-6-4-11/h8,11-13H,3-7H2,1-2H3. The fraction of sp³-hybridized carbons (Fsp3) is 0.727. The van der Waals surface area contributed by atoms with Crippen LogP contribution >= 0.6 is 0 Å². The minimum atomic E-state index is 0.672. The molecule has 4 heteroatoms. The van der Waals surface area contributed by atoms with Crippen molar-refractivity contribution in [3.63, 3.8) is 0 Å². The van der Waals surface area contributed by atoms with Gasteiger partial charge >= 0.3 is 0 Å². The lowest BCUT2D eigenvalue weighted by atomic mass is 10.1. The molecular formula is C11H20N4. The average molecular weight is 208 g/mol. The predicted octanol–water partition coefficient (Wildman–Crippen LogP) is 0.570. The van der Waals surface area contributed by atoms with Gasteiger partial charge in [-0.3, -0.25) is 4.68 Å². The van der Waals surface area contributed by atoms with Crippen LogP contribution in [0.5, 0.6) is 0 Å². The lowest BCUT2D eigenvalue weighted by Gasteiger charge is -2.23. The molecule has 2 rings (SSSR count). The van der Waals surface area contributed by atoms with E-state index >= 15 is 0 Å². The molecule has 0 atom stereocenters. The van der Waals surface area contributed by atoms with Crippen molar-refractivity contribution in [3.8, 4) is 0 Å². The molecule has 0 unspecified atom stereocenters. The van der Waals surface area contributed by atoms with Crippen LogP contribution in [0, 0.1) is 6.92 Å². The summed E-state index contributed by atoms with van der Waals surface area (Å²) in [7, 11) is 1.97. The third-order valence-electron chi connectivity index (χ3n) is 3.04. The lowest BCUT2D eigenvalue weighted by Crippen LogP contribution is -2.39. The zero-order valence-corrected chi connectivity index (χ0v) is 9.58. The van der Waals surface area contributed by atoms with Gasteiger partial charge in [0.1, 0.15) is 0 Å². The molecule has 1 aromatic rings. The van der Waals surface area contributed by atoms with Crippen LogP contribution in [0.1, 0.15) is 24.1 Å². The summed E-state index contributed by atoms with van der Waals surface area (Å²) in [6.45, 7) is 5.30. The van der Waals surface area contributed by atoms with E-state index in [1.165, 1.54) is 18.4 Å². The van der Waals surface area contributed by atoms with Crippen molar-refractivity contribution >= 4 is 0 Å². The fourth-order valence-corrected chi connectivity index (χ4v) is 2.10. The number of hydrogen-bond donors (Lipinski definition) is 2. The molecule has 0 saturated carbocycles. The molecule has 1 aromatic heterocycles. The number of nitrogens with one attached hydrogen (secondary N) is 2. The molecule has 0 radical (unpaired) electrons. The van der Waals surface area contributed by atoms with Crippen LogP contribution in [0.3, 0.4) is 0 Å². The van der Waals surface area contributed by atoms with E-state index in [0.29, 0.717) is 6.04 Å². The number of aryl methyl sites for hydroxylation is 2. The highest BCUT2D eigenvalue weighted by Gasteiger charge is 2.12. The van der Waals surface area contributed by atoms with E-state index in [-0.39, 0.29) is 0 Å². The van der Waals surface area contributed by atoms with Gasteiger partial charge in [0.15, 0.2) is 0 Å². The molecule has 0 spiro atoms. The summed E-state index contributed by atoms with van der Waals surface area (Å²) in [5.74, 6) is 0. The van der Waals surface area contributed by atoms with Crippen molar-refractivity contribution in [3.05, 3.63) is 17.5 Å². The maximum Gasteiger partial charge on any atom is 0.0638 e. The SMILES string of the molecule is Cc1nn(C)cc1CNC1CCNCC1. The first-order valence-corrected chi connectivity index (χ1v) is 5.69. The molecule has 0 aromatic carbocycles. The van der Waals surface area contributed by atoms with Crippen LogP contribution < -0.4 is 10.6 Å². The second-order valence-electron chi connectivity index (χ2n) is 4.32. The molecule has 0 aliphatic carbocycles. The van der Waals surface area contributed by atoms with Crippen molar-refractivity contribution < 1.29 is 0 Å². The molecule has 1 saturated heterocycles. The second-order valence-corrected chi connectivity index (χ2v) is 4.32. The summed E-state index contributed by atoms with van der Waals surface area (Å²) in [5, 5.41) is 11.3. The van der Waals surface area contributed by atoms with Crippen molar-refractivity contribution in [2.45, 2.75) is 32.4 Å². The summed E-state index contributed by atoms with van der Waals surface area (Å²) in [6, 6.07) is 0.672. The first-order valence-electron chi connectivity index (χ1n) is 5.69. The predicted molar refractivity (Wildman–Crippen MR) is 60.7 cm³/mol. The molecule has 2 heterocycles. The van der Waals surface area contributed by atoms with Gasteiger partial charge in [-0.15, -0.1) is 0 Å². The largest absolute Gasteiger partial charge is 0.317 e. The topological polar surface area (TPSA) is 41.9 Å². The Hall–Kier alpha value is -0.870. The van der Waals surface area contributed by atoms with E-state index in [9.17, 15) is 0 Å². The van der Waals surface area contributed by atoms with Gasteiger partial charge < -0.3 is 10.6 Å². The van der Waals surface area contributed by atoms with Gasteiger partial charge in [-0.1, -0.05) is 0 Å². The fourth-order valence-electron chi connectivity index (χ4n) is 2.10. The van der Waals surface area contributed by atoms with E-state index in [4.69, 9.17) is 0 Å². The average Bonchev–Trinajstić information content (AvgIpc) is 2.56. The molecule has 1 fully saturated rings. The van der Waals surface area contributed by atoms with Crippen molar-refractivity contribution in [1.29, 1.82) is 0 Å². The Balaban J connectivity index is 1.84. The third kappa shape index (κ3) is 2.79. The van der Waals surface area contributed by atoms with Crippen LogP contribution in [-0.2, 0) is 13.6 Å². The monoisotopic (exact) mass is 208 g/mol. The van der Waals surface area contributed by atoms with Crippen molar-refractivity contribution in [2.75, 3.05) is 13.1 Å². The Morgan fingerprint density at radius 2 is 2.27 bits per heavy atom. The second kappa shape index (κ2) is 4.77. The number of aromatic nitrogens is 2. The Kier molecular flexibility index (Phi) is 3.38. The zero-order chi connectivity index (χ0) is 10.7. The molecule has 15 heavy (non-hydrogen) atoms. The van der Waals surface area contributed by atoms with E-state index < -0.39 is 0 Å². The van der Waals surface area contributed by atoms with E-state index in [1.54, 1.807) is 0 Å². The zero-order valence-electron chi connectivity index (χ0n) is 9.58. The Labute approximate surface area is 91.1 Å². The highest BCUT2D eigenvalue weighted by atomic mass is 15.3. The Morgan fingerprint density at radius 1 is 1.53 bits per heavy atom. The highest BCUT2D eigenvalue weighted by molar-refractivity contribution is 5.14. The quantitative estimate of drug-likeness (QED) is 0.763. The maximum absolute atomic E-state index is 4.34. The summed E-state index contributed by atoms with van der Waals surface area (Å²) >= 11 is 0. The van der Waals surface area contributed by atoms with Crippen LogP contribution in [-0.4, -0.2) is 28.9 Å². The number of hydrogen-bond acceptors (Lipinski definition) is 3. The summed E-state index contributed by atoms with van der Waals surface area (Å²) < 4.78 is 1.88. The van der Waals surface area contributed by atoms with Gasteiger partial charge in [-0.25, -0.2) is 0 Å². The van der Waals surface area contributed by atoms with Gasteiger partial charge in [0, 0.05) is 31.4 Å². The Bertz CT molecular complexity index is 312. The van der Waals surface area contributed by atoms with Crippen LogP contribution in [0.25, 0.3) is 0 Å². The van der Waals surface area contributed by atoms with Crippen molar-refractivity contribution in [1.82, 2.24) is 20.4 Å². The molecule has 2 N–H and O–H groups in total. The van der Waals surface area contributed by atoms with Crippen LogP contribution in [0.2, 0.25) is 0 Å². The molecule has 1 aliphatic rings. The number of piperidine rings is 1. The molecule has 0 amide bonds. The van der Waals surface area contributed by atoms with E-state index in [2.05, 4.69) is 28.9 Å². The molecule has 0 bridgehead atoms. The molecule has 1 aliphatic heterocycles. The van der Waals surface area contributed by atoms with E-state index in [1.807, 2.05) is 11.7 Å². The van der Waals surface area contributed by atoms with Gasteiger partial charge in [0.25, 0.3) is 0 Å². The normalized spacial score (nSPS) is 18.3. The van der Waals surface area contributed by atoms with Gasteiger partial charge in [-0.2, -0.15) is 5.10 Å². The van der Waals surface area contributed by atoms with Gasteiger partial charge in [0.2, 0.25) is 0 Å². The minimum absolute atomic E-state index is 0.672. The Morgan fingerprint density at radius 3 is 2.87 bits per heavy atom. The van der Waals surface area contributed by atoms with Crippen molar-refractivity contribution in [2.24, 2.45) is 7.05 Å². The van der Waals surface area contributed by atoms with E-state index in [0.717, 1.165) is 25.3 Å². The third-order valence-corrected chi connectivity index (χ3v) is 3.04. The highest BCUT2D eigenvalue weighted by Crippen LogP contribution is 2.07. The van der Waals surface area contributed by atoms with Crippen LogP contribution in [0.4, 0.5) is 0 Å². The molecule has 84 valence electrons. The maximum atomic E-state index is 4.34. The first-order chi connectivity index (χ1) is 7.25. The van der Waals surface area contributed by atoms with Gasteiger partial charge in [0.05, 0.1) is 5.69 Å². The first kappa shape index (κ1) is 10.6. The van der Waals surface area contributed by atoms with Gasteiger partial charge in [-0.05, 0) is 32.9 Å². The molecular weight excluding hydrogens is 188 g/mol. The number of nitrogens with zero attached hydrogens (tertiary/aromatic N) is 2. The lowest BCUT2D eigenvalue weighted by molar-refractivity contribution is 0.386. The smallest absolute Gasteiger partial charge is 0.0638 e. The molecule has 4 nitrogen and oxygen atoms in total. The summed E-state index contributed by atoms with van der Waals surface area (Å²) in [6.07, 6.45) is 4.57. The summed E-state index contributed by atoms with van der Waals surface area (Å²) in [5.41, 5.74) is 2.45. The summed E-state index contributed by atoms with van der Waals surface area (Å²) in [4.78, 5) is 0. The van der Waals surface area contributed by atoms with Crippen LogP contribution in [0.15, 0.2) is 6.20 Å².